The third-order valence-electron chi connectivity index (χ3n) is 6.56. The Hall–Kier alpha value is -2.90. The first-order chi connectivity index (χ1) is 18.8. The minimum Gasteiger partial charge on any atom is -0.494 e. The third kappa shape index (κ3) is 5.26. The van der Waals surface area contributed by atoms with Crippen molar-refractivity contribution in [3.8, 4) is 17.5 Å². The Kier molecular flexibility index (Phi) is 8.67. The molecular formula is C26H23BrCl2N4O5S2. The summed E-state index contributed by atoms with van der Waals surface area (Å²) < 4.78 is 11.3. The van der Waals surface area contributed by atoms with Crippen LogP contribution in [0.1, 0.15) is 28.2 Å². The standard InChI is InChI=1S/C26H23BrCl2N4O5S2/c1-30-21(34)18(22(35)31(2)25(30)39)17(19-23(36)32(3)26(40)33(4)24(19)37)13-9-15(27)20(16(29)10-13)38-11-12-5-7-14(28)8-6-12/h5-10,17,34,36H,11H2,1-4H3. The molecule has 0 bridgehead atoms. The van der Waals surface area contributed by atoms with E-state index in [0.717, 1.165) is 5.56 Å². The molecule has 0 aliphatic rings. The van der Waals surface area contributed by atoms with Crippen LogP contribution in [0, 0.1) is 9.54 Å². The van der Waals surface area contributed by atoms with Crippen molar-refractivity contribution in [2.24, 2.45) is 28.2 Å². The highest BCUT2D eigenvalue weighted by Gasteiger charge is 2.33. The lowest BCUT2D eigenvalue weighted by molar-refractivity contribution is 0.304. The van der Waals surface area contributed by atoms with Crippen molar-refractivity contribution in [1.82, 2.24) is 18.3 Å². The average Bonchev–Trinajstić information content (AvgIpc) is 2.92. The van der Waals surface area contributed by atoms with Gasteiger partial charge in [0, 0.05) is 33.2 Å². The van der Waals surface area contributed by atoms with Crippen LogP contribution >= 0.6 is 63.6 Å². The molecule has 0 atom stereocenters. The summed E-state index contributed by atoms with van der Waals surface area (Å²) in [7, 11) is 5.87. The first-order valence-corrected chi connectivity index (χ1v) is 14.0. The Labute approximate surface area is 257 Å². The first kappa shape index (κ1) is 30.1. The maximum absolute atomic E-state index is 13.6. The molecule has 2 aromatic carbocycles. The lowest BCUT2D eigenvalue weighted by Crippen LogP contribution is -2.33. The zero-order valence-electron chi connectivity index (χ0n) is 21.6. The fraction of sp³-hybridized carbons (Fsp3) is 0.231. The van der Waals surface area contributed by atoms with Gasteiger partial charge in [-0.25, -0.2) is 0 Å². The molecule has 0 aliphatic carbocycles. The minimum atomic E-state index is -1.28. The molecule has 2 N–H and O–H groups in total. The number of aromatic nitrogens is 4. The van der Waals surface area contributed by atoms with E-state index in [-0.39, 0.29) is 32.3 Å². The molecule has 0 spiro atoms. The summed E-state index contributed by atoms with van der Waals surface area (Å²) in [5, 5.41) is 23.1. The summed E-state index contributed by atoms with van der Waals surface area (Å²) >= 11 is 26.7. The number of halogens is 3. The number of hydrogen-bond acceptors (Lipinski definition) is 7. The second-order valence-electron chi connectivity index (χ2n) is 9.05. The number of rotatable bonds is 6. The van der Waals surface area contributed by atoms with Crippen molar-refractivity contribution in [2.45, 2.75) is 12.5 Å². The smallest absolute Gasteiger partial charge is 0.262 e. The van der Waals surface area contributed by atoms with Gasteiger partial charge in [-0.3, -0.25) is 27.9 Å². The van der Waals surface area contributed by atoms with Gasteiger partial charge in [-0.15, -0.1) is 0 Å². The van der Waals surface area contributed by atoms with Gasteiger partial charge >= 0.3 is 0 Å². The summed E-state index contributed by atoms with van der Waals surface area (Å²) in [5.74, 6) is -1.91. The van der Waals surface area contributed by atoms with E-state index < -0.39 is 28.8 Å². The summed E-state index contributed by atoms with van der Waals surface area (Å²) in [6.07, 6.45) is 0. The van der Waals surface area contributed by atoms with Crippen LogP contribution in [0.3, 0.4) is 0 Å². The van der Waals surface area contributed by atoms with Crippen LogP contribution in [-0.4, -0.2) is 28.5 Å². The quantitative estimate of drug-likeness (QED) is 0.260. The molecule has 0 amide bonds. The van der Waals surface area contributed by atoms with E-state index in [2.05, 4.69) is 15.9 Å². The van der Waals surface area contributed by atoms with Crippen molar-refractivity contribution < 1.29 is 14.9 Å². The fourth-order valence-electron chi connectivity index (χ4n) is 4.32. The molecule has 0 radical (unpaired) electrons. The third-order valence-corrected chi connectivity index (χ3v) is 8.78. The van der Waals surface area contributed by atoms with Crippen molar-refractivity contribution in [1.29, 1.82) is 0 Å². The van der Waals surface area contributed by atoms with E-state index in [1.54, 1.807) is 18.2 Å². The lowest BCUT2D eigenvalue weighted by atomic mass is 9.86. The van der Waals surface area contributed by atoms with Crippen molar-refractivity contribution in [2.75, 3.05) is 0 Å². The van der Waals surface area contributed by atoms with Crippen LogP contribution in [0.4, 0.5) is 0 Å². The van der Waals surface area contributed by atoms with Crippen LogP contribution in [0.15, 0.2) is 50.5 Å². The Bertz CT molecular complexity index is 1790. The second-order valence-corrected chi connectivity index (χ2v) is 11.5. The largest absolute Gasteiger partial charge is 0.494 e. The van der Waals surface area contributed by atoms with Crippen molar-refractivity contribution in [3.63, 3.8) is 0 Å². The molecule has 0 saturated heterocycles. The van der Waals surface area contributed by atoms with Gasteiger partial charge in [-0.2, -0.15) is 0 Å². The van der Waals surface area contributed by atoms with Crippen LogP contribution in [0.5, 0.6) is 17.5 Å². The molecule has 210 valence electrons. The molecular weight excluding hydrogens is 663 g/mol. The van der Waals surface area contributed by atoms with Crippen molar-refractivity contribution in [3.05, 3.63) is 103 Å². The maximum Gasteiger partial charge on any atom is 0.262 e. The molecule has 2 aromatic heterocycles. The molecule has 0 fully saturated rings. The zero-order chi connectivity index (χ0) is 29.6. The maximum atomic E-state index is 13.6. The van der Waals surface area contributed by atoms with Crippen LogP contribution in [-0.2, 0) is 34.8 Å². The summed E-state index contributed by atoms with van der Waals surface area (Å²) in [4.78, 5) is 27.1. The summed E-state index contributed by atoms with van der Waals surface area (Å²) in [5.41, 5.74) is -0.546. The lowest BCUT2D eigenvalue weighted by Gasteiger charge is -2.24. The van der Waals surface area contributed by atoms with Crippen LogP contribution in [0.2, 0.25) is 10.0 Å². The highest BCUT2D eigenvalue weighted by molar-refractivity contribution is 9.10. The van der Waals surface area contributed by atoms with E-state index in [9.17, 15) is 19.8 Å². The van der Waals surface area contributed by atoms with Gasteiger partial charge in [0.1, 0.15) is 6.61 Å². The molecule has 0 unspecified atom stereocenters. The molecule has 2 heterocycles. The predicted octanol–water partition coefficient (Wildman–Crippen LogP) is 5.46. The summed E-state index contributed by atoms with van der Waals surface area (Å²) in [6.45, 7) is 0.188. The minimum absolute atomic E-state index is 0.0544. The van der Waals surface area contributed by atoms with Gasteiger partial charge in [0.25, 0.3) is 11.1 Å². The molecule has 4 aromatic rings. The van der Waals surface area contributed by atoms with E-state index >= 15 is 0 Å². The molecule has 0 saturated carbocycles. The number of aromatic hydroxyl groups is 2. The van der Waals surface area contributed by atoms with Gasteiger partial charge < -0.3 is 14.9 Å². The topological polar surface area (TPSA) is 104 Å². The van der Waals surface area contributed by atoms with E-state index in [1.807, 2.05) is 12.1 Å². The summed E-state index contributed by atoms with van der Waals surface area (Å²) in [6, 6.07) is 10.2. The second kappa shape index (κ2) is 11.5. The molecule has 9 nitrogen and oxygen atoms in total. The van der Waals surface area contributed by atoms with Crippen molar-refractivity contribution >= 4 is 63.6 Å². The molecule has 40 heavy (non-hydrogen) atoms. The number of ether oxygens (including phenoxy) is 1. The Morgan fingerprint density at radius 1 is 0.850 bits per heavy atom. The molecule has 4 rings (SSSR count). The molecule has 0 aliphatic heterocycles. The zero-order valence-corrected chi connectivity index (χ0v) is 26.3. The van der Waals surface area contributed by atoms with Crippen LogP contribution < -0.4 is 15.9 Å². The molecule has 14 heteroatoms. The fourth-order valence-corrected chi connectivity index (χ4v) is 5.78. The predicted molar refractivity (Wildman–Crippen MR) is 162 cm³/mol. The monoisotopic (exact) mass is 684 g/mol. The average molecular weight is 686 g/mol. The van der Waals surface area contributed by atoms with Gasteiger partial charge in [0.15, 0.2) is 15.3 Å². The van der Waals surface area contributed by atoms with E-state index in [1.165, 1.54) is 52.5 Å². The highest BCUT2D eigenvalue weighted by atomic mass is 79.9. The normalized spacial score (nSPS) is 11.3. The van der Waals surface area contributed by atoms with E-state index in [4.69, 9.17) is 52.4 Å². The van der Waals surface area contributed by atoms with Gasteiger partial charge in [0.05, 0.1) is 26.5 Å². The Morgan fingerprint density at radius 2 is 1.32 bits per heavy atom. The van der Waals surface area contributed by atoms with Gasteiger partial charge in [0.2, 0.25) is 11.8 Å². The first-order valence-electron chi connectivity index (χ1n) is 11.6. The van der Waals surface area contributed by atoms with Crippen LogP contribution in [0.25, 0.3) is 0 Å². The number of benzene rings is 2. The van der Waals surface area contributed by atoms with Gasteiger partial charge in [-0.05, 0) is 75.8 Å². The SMILES string of the molecule is Cn1c(O)c(C(c2cc(Cl)c(OCc3ccc(Cl)cc3)c(Br)c2)c2c(O)n(C)c(=S)n(C)c2=O)c(=O)n(C)c1=S. The number of hydrogen-bond donors (Lipinski definition) is 2. The Balaban J connectivity index is 1.99. The van der Waals surface area contributed by atoms with Gasteiger partial charge in [-0.1, -0.05) is 35.3 Å². The number of nitrogens with zero attached hydrogens (tertiary/aromatic N) is 4. The highest BCUT2D eigenvalue weighted by Crippen LogP contribution is 2.42. The Morgan fingerprint density at radius 3 is 1.77 bits per heavy atom. The van der Waals surface area contributed by atoms with E-state index in [0.29, 0.717) is 20.8 Å².